The van der Waals surface area contributed by atoms with Gasteiger partial charge < -0.3 is 14.6 Å². The molecule has 0 spiro atoms. The topological polar surface area (TPSA) is 55.8 Å². The highest BCUT2D eigenvalue weighted by Gasteiger charge is 2.66. The summed E-state index contributed by atoms with van der Waals surface area (Å²) in [5.74, 6) is 1.51. The minimum atomic E-state index is -0.589. The minimum absolute atomic E-state index is 0.00988. The maximum Gasteiger partial charge on any atom is 0.163 e. The van der Waals surface area contributed by atoms with Crippen molar-refractivity contribution in [2.75, 3.05) is 6.61 Å². The number of Topliss-reactive ketones (excluding diaryl/α,β-unsaturated/α-hetero) is 1. The Kier molecular flexibility index (Phi) is 5.25. The molecule has 0 aromatic rings. The Labute approximate surface area is 170 Å². The summed E-state index contributed by atoms with van der Waals surface area (Å²) in [6.45, 7) is 11.3. The van der Waals surface area contributed by atoms with Gasteiger partial charge in [0.25, 0.3) is 0 Å². The number of ketones is 1. The van der Waals surface area contributed by atoms with E-state index in [1.807, 2.05) is 13.8 Å². The molecule has 0 aromatic heterocycles. The lowest BCUT2D eigenvalue weighted by Crippen LogP contribution is -2.63. The van der Waals surface area contributed by atoms with E-state index in [0.717, 1.165) is 32.1 Å². The molecule has 0 radical (unpaired) electrons. The van der Waals surface area contributed by atoms with Gasteiger partial charge in [0.2, 0.25) is 0 Å². The molecule has 1 saturated heterocycles. The monoisotopic (exact) mass is 392 g/mol. The van der Waals surface area contributed by atoms with Crippen LogP contribution < -0.4 is 0 Å². The number of rotatable bonds is 4. The summed E-state index contributed by atoms with van der Waals surface area (Å²) in [6.07, 6.45) is 8.17. The third-order valence-corrected chi connectivity index (χ3v) is 9.10. The number of aliphatic hydroxyl groups excluding tert-OH is 1. The van der Waals surface area contributed by atoms with Crippen LogP contribution in [0.15, 0.2) is 0 Å². The fourth-order valence-electron chi connectivity index (χ4n) is 7.55. The van der Waals surface area contributed by atoms with Crippen LogP contribution in [-0.4, -0.2) is 35.5 Å². The summed E-state index contributed by atoms with van der Waals surface area (Å²) in [7, 11) is 0. The largest absolute Gasteiger partial charge is 0.396 e. The van der Waals surface area contributed by atoms with Gasteiger partial charge in [-0.2, -0.15) is 0 Å². The van der Waals surface area contributed by atoms with Crippen molar-refractivity contribution >= 4 is 5.78 Å². The van der Waals surface area contributed by atoms with E-state index >= 15 is 0 Å². The second kappa shape index (κ2) is 7.06. The van der Waals surface area contributed by atoms with E-state index in [1.54, 1.807) is 0 Å². The van der Waals surface area contributed by atoms with Gasteiger partial charge in [-0.1, -0.05) is 33.6 Å². The predicted molar refractivity (Wildman–Crippen MR) is 109 cm³/mol. The van der Waals surface area contributed by atoms with Gasteiger partial charge in [-0.25, -0.2) is 0 Å². The van der Waals surface area contributed by atoms with Gasteiger partial charge in [-0.3, -0.25) is 4.79 Å². The SMILES string of the molecule is CCCC[C@H]1[C@@H]2[C@H]3OC(C)(C)O[C@@H]3[C@H]3CC(=O)CC[C@]3(C)[C@H]2CC[C@]1(C)CO. The normalized spacial score (nSPS) is 50.0. The summed E-state index contributed by atoms with van der Waals surface area (Å²) < 4.78 is 13.1. The molecule has 1 aliphatic heterocycles. The molecule has 3 aliphatic carbocycles. The van der Waals surface area contributed by atoms with Crippen molar-refractivity contribution in [3.05, 3.63) is 0 Å². The lowest BCUT2D eigenvalue weighted by atomic mass is 9.43. The van der Waals surface area contributed by atoms with Crippen molar-refractivity contribution in [3.8, 4) is 0 Å². The summed E-state index contributed by atoms with van der Waals surface area (Å²) in [6, 6.07) is 0. The maximum atomic E-state index is 12.4. The Morgan fingerprint density at radius 2 is 1.79 bits per heavy atom. The molecule has 1 N–H and O–H groups in total. The molecule has 4 fully saturated rings. The molecule has 4 heteroatoms. The number of hydrogen-bond acceptors (Lipinski definition) is 4. The zero-order valence-electron chi connectivity index (χ0n) is 18.5. The fourth-order valence-corrected chi connectivity index (χ4v) is 7.55. The van der Waals surface area contributed by atoms with Crippen LogP contribution in [0.2, 0.25) is 0 Å². The van der Waals surface area contributed by atoms with E-state index in [1.165, 1.54) is 12.8 Å². The van der Waals surface area contributed by atoms with Crippen LogP contribution in [0.1, 0.15) is 86.0 Å². The Bertz CT molecular complexity index is 616. The Hall–Kier alpha value is -0.450. The number of unbranched alkanes of at least 4 members (excludes halogenated alkanes) is 1. The third kappa shape index (κ3) is 3.09. The molecule has 0 unspecified atom stereocenters. The van der Waals surface area contributed by atoms with Crippen LogP contribution in [0.4, 0.5) is 0 Å². The molecule has 4 rings (SSSR count). The third-order valence-electron chi connectivity index (χ3n) is 9.10. The molecule has 8 atom stereocenters. The van der Waals surface area contributed by atoms with E-state index in [-0.39, 0.29) is 35.6 Å². The van der Waals surface area contributed by atoms with Crippen molar-refractivity contribution in [1.82, 2.24) is 0 Å². The van der Waals surface area contributed by atoms with E-state index in [9.17, 15) is 9.90 Å². The zero-order chi connectivity index (χ0) is 20.3. The maximum absolute atomic E-state index is 12.4. The average Bonchev–Trinajstić information content (AvgIpc) is 2.97. The van der Waals surface area contributed by atoms with Gasteiger partial charge in [0.1, 0.15) is 5.78 Å². The van der Waals surface area contributed by atoms with Crippen molar-refractivity contribution in [3.63, 3.8) is 0 Å². The van der Waals surface area contributed by atoms with Gasteiger partial charge in [0.05, 0.1) is 12.2 Å². The molecular weight excluding hydrogens is 352 g/mol. The van der Waals surface area contributed by atoms with E-state index < -0.39 is 5.79 Å². The first-order chi connectivity index (χ1) is 13.1. The van der Waals surface area contributed by atoms with Gasteiger partial charge in [0.15, 0.2) is 5.79 Å². The highest BCUT2D eigenvalue weighted by molar-refractivity contribution is 5.79. The van der Waals surface area contributed by atoms with E-state index in [0.29, 0.717) is 30.0 Å². The molecule has 1 heterocycles. The molecule has 0 amide bonds. The van der Waals surface area contributed by atoms with Crippen molar-refractivity contribution in [2.45, 2.75) is 104 Å². The molecule has 4 aliphatic rings. The standard InChI is InChI=1S/C24H40O4/c1-6-7-8-16-19-17(10-11-23(16,4)14-25)24(5)12-9-15(26)13-18(24)20-21(19)28-22(2,3)27-20/h16-21,25H,6-14H2,1-5H3/t16-,17-,18+,19-,20+,21+,23+,24+/m0/s1. The van der Waals surface area contributed by atoms with Gasteiger partial charge in [-0.05, 0) is 68.1 Å². The summed E-state index contributed by atoms with van der Waals surface area (Å²) in [5.41, 5.74) is 0.107. The Morgan fingerprint density at radius 3 is 2.46 bits per heavy atom. The van der Waals surface area contributed by atoms with Gasteiger partial charge in [-0.15, -0.1) is 0 Å². The average molecular weight is 393 g/mol. The molecule has 160 valence electrons. The first kappa shape index (κ1) is 20.8. The number of fused-ring (bicyclic) bond motifs is 6. The van der Waals surface area contributed by atoms with Crippen LogP contribution in [0, 0.1) is 34.5 Å². The number of carbonyl (C=O) groups is 1. The van der Waals surface area contributed by atoms with Crippen molar-refractivity contribution < 1.29 is 19.4 Å². The highest BCUT2D eigenvalue weighted by atomic mass is 16.8. The predicted octanol–water partition coefficient (Wildman–Crippen LogP) is 4.73. The molecule has 0 aromatic carbocycles. The number of ether oxygens (including phenoxy) is 2. The molecule has 0 bridgehead atoms. The van der Waals surface area contributed by atoms with Gasteiger partial charge in [0, 0.05) is 25.4 Å². The first-order valence-electron chi connectivity index (χ1n) is 11.6. The second-order valence-electron chi connectivity index (χ2n) is 11.2. The summed E-state index contributed by atoms with van der Waals surface area (Å²) in [5, 5.41) is 10.4. The van der Waals surface area contributed by atoms with Crippen LogP contribution in [0.5, 0.6) is 0 Å². The van der Waals surface area contributed by atoms with Crippen LogP contribution in [0.25, 0.3) is 0 Å². The molecule has 3 saturated carbocycles. The number of hydrogen-bond donors (Lipinski definition) is 1. The Balaban J connectivity index is 1.77. The number of carbonyl (C=O) groups excluding carboxylic acids is 1. The molecule has 28 heavy (non-hydrogen) atoms. The van der Waals surface area contributed by atoms with E-state index in [2.05, 4.69) is 20.8 Å². The lowest BCUT2D eigenvalue weighted by Gasteiger charge is -2.63. The zero-order valence-corrected chi connectivity index (χ0v) is 18.5. The quantitative estimate of drug-likeness (QED) is 0.752. The van der Waals surface area contributed by atoms with Crippen LogP contribution in [-0.2, 0) is 14.3 Å². The summed E-state index contributed by atoms with van der Waals surface area (Å²) in [4.78, 5) is 12.4. The second-order valence-corrected chi connectivity index (χ2v) is 11.2. The first-order valence-corrected chi connectivity index (χ1v) is 11.6. The highest BCUT2D eigenvalue weighted by Crippen LogP contribution is 2.66. The van der Waals surface area contributed by atoms with Crippen LogP contribution >= 0.6 is 0 Å². The fraction of sp³-hybridized carbons (Fsp3) is 0.958. The van der Waals surface area contributed by atoms with Crippen molar-refractivity contribution in [1.29, 1.82) is 0 Å². The summed E-state index contributed by atoms with van der Waals surface area (Å²) >= 11 is 0. The molecule has 4 nitrogen and oxygen atoms in total. The molecular formula is C24H40O4. The lowest BCUT2D eigenvalue weighted by molar-refractivity contribution is -0.188. The minimum Gasteiger partial charge on any atom is -0.396 e. The Morgan fingerprint density at radius 1 is 1.07 bits per heavy atom. The van der Waals surface area contributed by atoms with Crippen molar-refractivity contribution in [2.24, 2.45) is 34.5 Å². The van der Waals surface area contributed by atoms with Gasteiger partial charge >= 0.3 is 0 Å². The number of aliphatic hydroxyl groups is 1. The smallest absolute Gasteiger partial charge is 0.163 e. The van der Waals surface area contributed by atoms with E-state index in [4.69, 9.17) is 9.47 Å². The van der Waals surface area contributed by atoms with Crippen LogP contribution in [0.3, 0.4) is 0 Å².